The van der Waals surface area contributed by atoms with Crippen molar-refractivity contribution in [3.05, 3.63) is 65.0 Å². The van der Waals surface area contributed by atoms with Gasteiger partial charge in [0.05, 0.1) is 0 Å². The molecule has 0 heterocycles. The highest BCUT2D eigenvalue weighted by molar-refractivity contribution is 5.37. The lowest BCUT2D eigenvalue weighted by atomic mass is 10.0. The van der Waals surface area contributed by atoms with Crippen LogP contribution in [0.2, 0.25) is 0 Å². The maximum absolute atomic E-state index is 13.3. The van der Waals surface area contributed by atoms with Gasteiger partial charge in [-0.3, -0.25) is 0 Å². The Labute approximate surface area is 118 Å². The summed E-state index contributed by atoms with van der Waals surface area (Å²) in [7, 11) is 0. The summed E-state index contributed by atoms with van der Waals surface area (Å²) in [5.74, 6) is -0.184. The molecule has 3 heteroatoms. The summed E-state index contributed by atoms with van der Waals surface area (Å²) >= 11 is 0. The van der Waals surface area contributed by atoms with Gasteiger partial charge in [-0.25, -0.2) is 4.39 Å². The molecule has 104 valence electrons. The standard InChI is InChI=1S/C17H18FNO/c1-11(15-10-13(18)7-9-17(15)20)19-16-8-6-12-4-2-3-5-14(12)16/h2-5,7,9-11,16,19-20H,6,8H2,1H3. The molecule has 2 unspecified atom stereocenters. The first-order valence-corrected chi connectivity index (χ1v) is 6.97. The van der Waals surface area contributed by atoms with Gasteiger partial charge in [-0.15, -0.1) is 0 Å². The number of rotatable bonds is 3. The summed E-state index contributed by atoms with van der Waals surface area (Å²) < 4.78 is 13.3. The van der Waals surface area contributed by atoms with Crippen molar-refractivity contribution in [2.24, 2.45) is 0 Å². The summed E-state index contributed by atoms with van der Waals surface area (Å²) in [4.78, 5) is 0. The molecule has 2 atom stereocenters. The minimum Gasteiger partial charge on any atom is -0.508 e. The smallest absolute Gasteiger partial charge is 0.123 e. The number of benzene rings is 2. The molecule has 2 nitrogen and oxygen atoms in total. The summed E-state index contributed by atoms with van der Waals surface area (Å²) in [6.07, 6.45) is 2.11. The van der Waals surface area contributed by atoms with Gasteiger partial charge in [0.25, 0.3) is 0 Å². The fourth-order valence-electron chi connectivity index (χ4n) is 2.99. The fraction of sp³-hybridized carbons (Fsp3) is 0.294. The number of hydrogen-bond donors (Lipinski definition) is 2. The first-order valence-electron chi connectivity index (χ1n) is 6.97. The molecule has 2 N–H and O–H groups in total. The van der Waals surface area contributed by atoms with E-state index in [-0.39, 0.29) is 23.7 Å². The van der Waals surface area contributed by atoms with Crippen LogP contribution in [0.15, 0.2) is 42.5 Å². The van der Waals surface area contributed by atoms with Gasteiger partial charge in [-0.05, 0) is 49.1 Å². The number of hydrogen-bond acceptors (Lipinski definition) is 2. The maximum atomic E-state index is 13.3. The van der Waals surface area contributed by atoms with Gasteiger partial charge in [0, 0.05) is 17.6 Å². The summed E-state index contributed by atoms with van der Waals surface area (Å²) in [5.41, 5.74) is 3.30. The van der Waals surface area contributed by atoms with Gasteiger partial charge in [0.15, 0.2) is 0 Å². The van der Waals surface area contributed by atoms with E-state index >= 15 is 0 Å². The van der Waals surface area contributed by atoms with Crippen LogP contribution in [-0.2, 0) is 6.42 Å². The highest BCUT2D eigenvalue weighted by Gasteiger charge is 2.24. The van der Waals surface area contributed by atoms with E-state index in [4.69, 9.17) is 0 Å². The van der Waals surface area contributed by atoms with Crippen molar-refractivity contribution in [3.8, 4) is 5.75 Å². The first-order chi connectivity index (χ1) is 9.65. The molecule has 1 aliphatic carbocycles. The third-order valence-electron chi connectivity index (χ3n) is 4.04. The molecule has 0 saturated carbocycles. The van der Waals surface area contributed by atoms with Gasteiger partial charge in [0.2, 0.25) is 0 Å². The van der Waals surface area contributed by atoms with E-state index in [1.54, 1.807) is 0 Å². The van der Waals surface area contributed by atoms with Gasteiger partial charge in [0.1, 0.15) is 11.6 Å². The molecule has 2 aromatic carbocycles. The van der Waals surface area contributed by atoms with E-state index in [1.165, 1.54) is 29.3 Å². The quantitative estimate of drug-likeness (QED) is 0.888. The predicted molar refractivity (Wildman–Crippen MR) is 77.1 cm³/mol. The van der Waals surface area contributed by atoms with Gasteiger partial charge >= 0.3 is 0 Å². The van der Waals surface area contributed by atoms with Gasteiger partial charge < -0.3 is 10.4 Å². The summed E-state index contributed by atoms with van der Waals surface area (Å²) in [5, 5.41) is 13.4. The van der Waals surface area contributed by atoms with Gasteiger partial charge in [-0.1, -0.05) is 24.3 Å². The first kappa shape index (κ1) is 13.1. The topological polar surface area (TPSA) is 32.3 Å². The molecule has 2 aromatic rings. The van der Waals surface area contributed by atoms with Crippen LogP contribution in [0, 0.1) is 5.82 Å². The monoisotopic (exact) mass is 271 g/mol. The molecule has 0 aliphatic heterocycles. The number of phenols is 1. The molecule has 0 radical (unpaired) electrons. The molecule has 0 amide bonds. The number of aromatic hydroxyl groups is 1. The van der Waals surface area contributed by atoms with Crippen LogP contribution in [0.4, 0.5) is 4.39 Å². The Hall–Kier alpha value is -1.87. The molecule has 20 heavy (non-hydrogen) atoms. The second-order valence-electron chi connectivity index (χ2n) is 5.38. The predicted octanol–water partition coefficient (Wildman–Crippen LogP) is 3.87. The van der Waals surface area contributed by atoms with Crippen LogP contribution in [0.5, 0.6) is 5.75 Å². The zero-order valence-electron chi connectivity index (χ0n) is 11.4. The average molecular weight is 271 g/mol. The average Bonchev–Trinajstić information content (AvgIpc) is 2.85. The van der Waals surface area contributed by atoms with Crippen molar-refractivity contribution < 1.29 is 9.50 Å². The molecule has 0 aromatic heterocycles. The molecule has 1 aliphatic rings. The molecule has 3 rings (SSSR count). The Morgan fingerprint density at radius 3 is 2.90 bits per heavy atom. The molecule has 0 saturated heterocycles. The summed E-state index contributed by atoms with van der Waals surface area (Å²) in [6.45, 7) is 1.95. The lowest BCUT2D eigenvalue weighted by Crippen LogP contribution is -2.23. The van der Waals surface area contributed by atoms with E-state index in [0.717, 1.165) is 12.8 Å². The largest absolute Gasteiger partial charge is 0.508 e. The van der Waals surface area contributed by atoms with E-state index in [0.29, 0.717) is 5.56 Å². The third kappa shape index (κ3) is 2.41. The van der Waals surface area contributed by atoms with E-state index in [2.05, 4.69) is 23.5 Å². The van der Waals surface area contributed by atoms with Crippen LogP contribution >= 0.6 is 0 Å². The minimum absolute atomic E-state index is 0.0955. The minimum atomic E-state index is -0.321. The highest BCUT2D eigenvalue weighted by Crippen LogP contribution is 2.34. The lowest BCUT2D eigenvalue weighted by Gasteiger charge is -2.21. The Balaban J connectivity index is 1.80. The van der Waals surface area contributed by atoms with Crippen LogP contribution in [0.3, 0.4) is 0 Å². The van der Waals surface area contributed by atoms with Crippen LogP contribution < -0.4 is 5.32 Å². The molecule has 0 bridgehead atoms. The zero-order valence-corrected chi connectivity index (χ0v) is 11.4. The zero-order chi connectivity index (χ0) is 14.1. The Morgan fingerprint density at radius 1 is 1.25 bits per heavy atom. The Morgan fingerprint density at radius 2 is 2.05 bits per heavy atom. The lowest BCUT2D eigenvalue weighted by molar-refractivity contribution is 0.425. The second kappa shape index (κ2) is 5.25. The maximum Gasteiger partial charge on any atom is 0.123 e. The van der Waals surface area contributed by atoms with Crippen molar-refractivity contribution in [1.82, 2.24) is 5.32 Å². The molecular formula is C17H18FNO. The fourth-order valence-corrected chi connectivity index (χ4v) is 2.99. The molecular weight excluding hydrogens is 253 g/mol. The number of phenolic OH excluding ortho intramolecular Hbond substituents is 1. The number of nitrogens with one attached hydrogen (secondary N) is 1. The Bertz CT molecular complexity index is 626. The normalized spacial score (nSPS) is 18.8. The van der Waals surface area contributed by atoms with Crippen LogP contribution in [-0.4, -0.2) is 5.11 Å². The highest BCUT2D eigenvalue weighted by atomic mass is 19.1. The van der Waals surface area contributed by atoms with Crippen LogP contribution in [0.1, 0.15) is 42.1 Å². The SMILES string of the molecule is CC(NC1CCc2ccccc21)c1cc(F)ccc1O. The Kier molecular flexibility index (Phi) is 3.45. The third-order valence-corrected chi connectivity index (χ3v) is 4.04. The number of fused-ring (bicyclic) bond motifs is 1. The van der Waals surface area contributed by atoms with Crippen molar-refractivity contribution in [2.75, 3.05) is 0 Å². The van der Waals surface area contributed by atoms with Crippen molar-refractivity contribution in [2.45, 2.75) is 31.8 Å². The van der Waals surface area contributed by atoms with Crippen molar-refractivity contribution in [3.63, 3.8) is 0 Å². The molecule has 0 fully saturated rings. The van der Waals surface area contributed by atoms with Crippen LogP contribution in [0.25, 0.3) is 0 Å². The number of aryl methyl sites for hydroxylation is 1. The number of halogens is 1. The second-order valence-corrected chi connectivity index (χ2v) is 5.38. The van der Waals surface area contributed by atoms with Gasteiger partial charge in [-0.2, -0.15) is 0 Å². The van der Waals surface area contributed by atoms with E-state index in [1.807, 2.05) is 13.0 Å². The van der Waals surface area contributed by atoms with Crippen molar-refractivity contribution in [1.29, 1.82) is 0 Å². The summed E-state index contributed by atoms with van der Waals surface area (Å²) in [6, 6.07) is 12.6. The van der Waals surface area contributed by atoms with E-state index < -0.39 is 0 Å². The van der Waals surface area contributed by atoms with E-state index in [9.17, 15) is 9.50 Å². The molecule has 0 spiro atoms. The van der Waals surface area contributed by atoms with Crippen molar-refractivity contribution >= 4 is 0 Å².